The van der Waals surface area contributed by atoms with Crippen molar-refractivity contribution in [2.45, 2.75) is 13.1 Å². The molecule has 2 N–H and O–H groups in total. The molecular weight excluding hydrogens is 264 g/mol. The van der Waals surface area contributed by atoms with Gasteiger partial charge in [0, 0.05) is 37.5 Å². The highest BCUT2D eigenvalue weighted by molar-refractivity contribution is 5.51. The Morgan fingerprint density at radius 2 is 1.86 bits per heavy atom. The quantitative estimate of drug-likeness (QED) is 0.887. The van der Waals surface area contributed by atoms with Crippen LogP contribution in [-0.2, 0) is 13.1 Å². The summed E-state index contributed by atoms with van der Waals surface area (Å²) in [6, 6.07) is 14.2. The minimum atomic E-state index is 0.481. The summed E-state index contributed by atoms with van der Waals surface area (Å²) in [6.45, 7) is 1.27. The predicted molar refractivity (Wildman–Crippen MR) is 86.0 cm³/mol. The number of anilines is 1. The van der Waals surface area contributed by atoms with Crippen LogP contribution >= 0.6 is 0 Å². The summed E-state index contributed by atoms with van der Waals surface area (Å²) < 4.78 is 10.6. The minimum Gasteiger partial charge on any atom is -0.497 e. The summed E-state index contributed by atoms with van der Waals surface area (Å²) in [5.41, 5.74) is 9.00. The average molecular weight is 286 g/mol. The number of ether oxygens (including phenoxy) is 2. The van der Waals surface area contributed by atoms with E-state index in [9.17, 15) is 0 Å². The van der Waals surface area contributed by atoms with Crippen LogP contribution in [0.4, 0.5) is 5.69 Å². The van der Waals surface area contributed by atoms with Crippen molar-refractivity contribution in [3.05, 3.63) is 53.6 Å². The lowest BCUT2D eigenvalue weighted by Gasteiger charge is -2.20. The van der Waals surface area contributed by atoms with Gasteiger partial charge in [-0.3, -0.25) is 0 Å². The number of hydrogen-bond donors (Lipinski definition) is 1. The molecule has 0 aliphatic rings. The van der Waals surface area contributed by atoms with Gasteiger partial charge in [0.1, 0.15) is 11.5 Å². The second-order valence-electron chi connectivity index (χ2n) is 4.91. The molecule has 0 aliphatic heterocycles. The predicted octanol–water partition coefficient (Wildman–Crippen LogP) is 2.80. The van der Waals surface area contributed by atoms with Crippen molar-refractivity contribution < 1.29 is 9.47 Å². The third-order valence-electron chi connectivity index (χ3n) is 3.49. The van der Waals surface area contributed by atoms with Crippen LogP contribution in [0.3, 0.4) is 0 Å². The highest BCUT2D eigenvalue weighted by atomic mass is 16.5. The third-order valence-corrected chi connectivity index (χ3v) is 3.49. The zero-order valence-corrected chi connectivity index (χ0v) is 12.8. The van der Waals surface area contributed by atoms with Crippen LogP contribution in [0.1, 0.15) is 11.1 Å². The highest BCUT2D eigenvalue weighted by Crippen LogP contribution is 2.24. The van der Waals surface area contributed by atoms with Gasteiger partial charge in [-0.15, -0.1) is 0 Å². The van der Waals surface area contributed by atoms with Gasteiger partial charge in [-0.2, -0.15) is 0 Å². The van der Waals surface area contributed by atoms with Crippen LogP contribution in [0.25, 0.3) is 0 Å². The lowest BCUT2D eigenvalue weighted by molar-refractivity contribution is 0.409. The first-order chi connectivity index (χ1) is 10.2. The van der Waals surface area contributed by atoms with E-state index in [4.69, 9.17) is 15.2 Å². The first-order valence-corrected chi connectivity index (χ1v) is 6.89. The maximum atomic E-state index is 5.70. The molecule has 2 rings (SSSR count). The molecule has 0 unspecified atom stereocenters. The van der Waals surface area contributed by atoms with Crippen LogP contribution in [0.2, 0.25) is 0 Å². The molecule has 4 nitrogen and oxygen atoms in total. The maximum Gasteiger partial charge on any atom is 0.123 e. The summed E-state index contributed by atoms with van der Waals surface area (Å²) in [7, 11) is 5.40. The van der Waals surface area contributed by atoms with Crippen molar-refractivity contribution in [1.29, 1.82) is 0 Å². The number of benzene rings is 2. The lowest BCUT2D eigenvalue weighted by Crippen LogP contribution is -2.16. The normalized spacial score (nSPS) is 10.3. The molecule has 21 heavy (non-hydrogen) atoms. The first-order valence-electron chi connectivity index (χ1n) is 6.89. The second-order valence-corrected chi connectivity index (χ2v) is 4.91. The lowest BCUT2D eigenvalue weighted by atomic mass is 10.1. The van der Waals surface area contributed by atoms with Crippen LogP contribution in [0.5, 0.6) is 11.5 Å². The second kappa shape index (κ2) is 6.99. The van der Waals surface area contributed by atoms with Crippen LogP contribution in [0.15, 0.2) is 42.5 Å². The van der Waals surface area contributed by atoms with Gasteiger partial charge in [0.05, 0.1) is 14.2 Å². The Hall–Kier alpha value is -2.20. The van der Waals surface area contributed by atoms with Crippen molar-refractivity contribution in [2.75, 3.05) is 26.2 Å². The Labute approximate surface area is 126 Å². The van der Waals surface area contributed by atoms with Crippen molar-refractivity contribution in [1.82, 2.24) is 0 Å². The Bertz CT molecular complexity index is 599. The SMILES string of the molecule is COc1cccc(N(C)Cc2ccc(CN)c(OC)c2)c1. The standard InChI is InChI=1S/C17H22N2O2/c1-19(15-5-4-6-16(10-15)20-2)12-13-7-8-14(11-18)17(9-13)21-3/h4-10H,11-12,18H2,1-3H3. The van der Waals surface area contributed by atoms with E-state index < -0.39 is 0 Å². The number of hydrogen-bond acceptors (Lipinski definition) is 4. The van der Waals surface area contributed by atoms with E-state index in [0.29, 0.717) is 6.54 Å². The number of rotatable bonds is 6. The molecule has 0 amide bonds. The van der Waals surface area contributed by atoms with Crippen LogP contribution in [0, 0.1) is 0 Å². The Morgan fingerprint density at radius 3 is 2.52 bits per heavy atom. The van der Waals surface area contributed by atoms with Crippen molar-refractivity contribution in [3.63, 3.8) is 0 Å². The number of nitrogens with two attached hydrogens (primary N) is 1. The maximum absolute atomic E-state index is 5.70. The fourth-order valence-electron chi connectivity index (χ4n) is 2.27. The highest BCUT2D eigenvalue weighted by Gasteiger charge is 2.07. The summed E-state index contributed by atoms with van der Waals surface area (Å²) in [5, 5.41) is 0. The van der Waals surface area contributed by atoms with Gasteiger partial charge in [0.25, 0.3) is 0 Å². The molecule has 2 aromatic carbocycles. The smallest absolute Gasteiger partial charge is 0.123 e. The fourth-order valence-corrected chi connectivity index (χ4v) is 2.27. The molecule has 0 saturated carbocycles. The molecule has 0 heterocycles. The van der Waals surface area contributed by atoms with E-state index in [1.54, 1.807) is 14.2 Å². The van der Waals surface area contributed by atoms with E-state index in [1.807, 2.05) is 30.3 Å². The molecule has 2 aromatic rings. The van der Waals surface area contributed by atoms with E-state index in [-0.39, 0.29) is 0 Å². The van der Waals surface area contributed by atoms with Gasteiger partial charge in [-0.1, -0.05) is 18.2 Å². The molecule has 0 fully saturated rings. The Morgan fingerprint density at radius 1 is 1.05 bits per heavy atom. The number of methoxy groups -OCH3 is 2. The van der Waals surface area contributed by atoms with Crippen molar-refractivity contribution in [2.24, 2.45) is 5.73 Å². The molecule has 0 spiro atoms. The summed E-state index contributed by atoms with van der Waals surface area (Å²) >= 11 is 0. The average Bonchev–Trinajstić information content (AvgIpc) is 2.54. The van der Waals surface area contributed by atoms with Crippen LogP contribution < -0.4 is 20.1 Å². The molecule has 0 aliphatic carbocycles. The fraction of sp³-hybridized carbons (Fsp3) is 0.294. The van der Waals surface area contributed by atoms with E-state index in [0.717, 1.165) is 29.3 Å². The summed E-state index contributed by atoms with van der Waals surface area (Å²) in [5.74, 6) is 1.70. The van der Waals surface area contributed by atoms with Gasteiger partial charge >= 0.3 is 0 Å². The van der Waals surface area contributed by atoms with Gasteiger partial charge in [-0.25, -0.2) is 0 Å². The van der Waals surface area contributed by atoms with E-state index in [1.165, 1.54) is 5.56 Å². The molecule has 0 atom stereocenters. The first kappa shape index (κ1) is 15.2. The molecule has 0 saturated heterocycles. The third kappa shape index (κ3) is 3.67. The molecule has 4 heteroatoms. The molecule has 0 aromatic heterocycles. The summed E-state index contributed by atoms with van der Waals surface area (Å²) in [4.78, 5) is 2.17. The van der Waals surface area contributed by atoms with E-state index in [2.05, 4.69) is 24.1 Å². The van der Waals surface area contributed by atoms with Gasteiger partial charge in [0.15, 0.2) is 0 Å². The topological polar surface area (TPSA) is 47.7 Å². The molecular formula is C17H22N2O2. The Balaban J connectivity index is 2.16. The summed E-state index contributed by atoms with van der Waals surface area (Å²) in [6.07, 6.45) is 0. The van der Waals surface area contributed by atoms with Gasteiger partial charge in [0.2, 0.25) is 0 Å². The molecule has 112 valence electrons. The van der Waals surface area contributed by atoms with Gasteiger partial charge in [-0.05, 0) is 23.8 Å². The van der Waals surface area contributed by atoms with Crippen molar-refractivity contribution >= 4 is 5.69 Å². The Kier molecular flexibility index (Phi) is 5.06. The van der Waals surface area contributed by atoms with Crippen molar-refractivity contribution in [3.8, 4) is 11.5 Å². The number of nitrogens with zero attached hydrogens (tertiary/aromatic N) is 1. The molecule has 0 bridgehead atoms. The van der Waals surface area contributed by atoms with Crippen LogP contribution in [-0.4, -0.2) is 21.3 Å². The zero-order valence-electron chi connectivity index (χ0n) is 12.8. The largest absolute Gasteiger partial charge is 0.497 e. The van der Waals surface area contributed by atoms with E-state index >= 15 is 0 Å². The minimum absolute atomic E-state index is 0.481. The molecule has 0 radical (unpaired) electrons. The zero-order chi connectivity index (χ0) is 15.2. The van der Waals surface area contributed by atoms with Gasteiger partial charge < -0.3 is 20.1 Å². The monoisotopic (exact) mass is 286 g/mol.